The summed E-state index contributed by atoms with van der Waals surface area (Å²) in [4.78, 5) is 2.81. The first kappa shape index (κ1) is 10.4. The zero-order valence-corrected chi connectivity index (χ0v) is 9.46. The first-order chi connectivity index (χ1) is 7.38. The molecule has 1 heterocycles. The van der Waals surface area contributed by atoms with Crippen molar-refractivity contribution in [2.24, 2.45) is 5.73 Å². The lowest BCUT2D eigenvalue weighted by molar-refractivity contribution is 0.989. The number of hydrogen-bond donors (Lipinski definition) is 1. The summed E-state index contributed by atoms with van der Waals surface area (Å²) in [6, 6.07) is 15.0. The molecule has 0 aliphatic heterocycles. The molecule has 0 aliphatic rings. The van der Waals surface area contributed by atoms with Crippen molar-refractivity contribution in [2.45, 2.75) is 12.8 Å². The van der Waals surface area contributed by atoms with E-state index in [1.165, 1.54) is 15.3 Å². The highest BCUT2D eigenvalue weighted by Gasteiger charge is 2.00. The second kappa shape index (κ2) is 5.10. The van der Waals surface area contributed by atoms with Gasteiger partial charge < -0.3 is 5.73 Å². The van der Waals surface area contributed by atoms with Crippen molar-refractivity contribution in [3.8, 4) is 0 Å². The van der Waals surface area contributed by atoms with E-state index in [0.717, 1.165) is 19.4 Å². The molecule has 0 saturated heterocycles. The minimum absolute atomic E-state index is 0.741. The predicted octanol–water partition coefficient (Wildman–Crippen LogP) is 2.84. The Morgan fingerprint density at radius 2 is 1.67 bits per heavy atom. The largest absolute Gasteiger partial charge is 0.330 e. The van der Waals surface area contributed by atoms with Crippen molar-refractivity contribution in [3.05, 3.63) is 57.8 Å². The maximum absolute atomic E-state index is 5.53. The van der Waals surface area contributed by atoms with E-state index in [9.17, 15) is 0 Å². The van der Waals surface area contributed by atoms with Crippen LogP contribution in [0.5, 0.6) is 0 Å². The molecule has 0 bridgehead atoms. The van der Waals surface area contributed by atoms with Gasteiger partial charge in [0.15, 0.2) is 0 Å². The fourth-order valence-corrected chi connectivity index (χ4v) is 2.66. The van der Waals surface area contributed by atoms with Gasteiger partial charge in [0.2, 0.25) is 0 Å². The van der Waals surface area contributed by atoms with E-state index in [1.807, 2.05) is 11.3 Å². The van der Waals surface area contributed by atoms with Crippen LogP contribution in [0.2, 0.25) is 0 Å². The van der Waals surface area contributed by atoms with Gasteiger partial charge in [-0.25, -0.2) is 0 Å². The molecule has 15 heavy (non-hydrogen) atoms. The summed E-state index contributed by atoms with van der Waals surface area (Å²) in [6.07, 6.45) is 2.04. The molecule has 0 radical (unpaired) electrons. The smallest absolute Gasteiger partial charge is 0.00920 e. The monoisotopic (exact) mass is 217 g/mol. The highest BCUT2D eigenvalue weighted by Crippen LogP contribution is 2.19. The molecule has 1 aromatic carbocycles. The quantitative estimate of drug-likeness (QED) is 0.837. The van der Waals surface area contributed by atoms with Crippen molar-refractivity contribution in [1.82, 2.24) is 0 Å². The minimum Gasteiger partial charge on any atom is -0.330 e. The van der Waals surface area contributed by atoms with Crippen molar-refractivity contribution < 1.29 is 0 Å². The average Bonchev–Trinajstić information content (AvgIpc) is 2.68. The molecule has 78 valence electrons. The van der Waals surface area contributed by atoms with E-state index in [4.69, 9.17) is 5.73 Å². The second-order valence-electron chi connectivity index (χ2n) is 3.57. The van der Waals surface area contributed by atoms with Crippen LogP contribution >= 0.6 is 11.3 Å². The zero-order valence-electron chi connectivity index (χ0n) is 8.65. The van der Waals surface area contributed by atoms with Crippen LogP contribution < -0.4 is 5.73 Å². The van der Waals surface area contributed by atoms with Crippen LogP contribution in [-0.2, 0) is 12.8 Å². The number of rotatable bonds is 4. The lowest BCUT2D eigenvalue weighted by Crippen LogP contribution is -2.00. The highest BCUT2D eigenvalue weighted by atomic mass is 32.1. The Kier molecular flexibility index (Phi) is 3.54. The molecule has 2 aromatic rings. The van der Waals surface area contributed by atoms with Crippen molar-refractivity contribution in [1.29, 1.82) is 0 Å². The lowest BCUT2D eigenvalue weighted by atomic mass is 10.1. The fraction of sp³-hybridized carbons (Fsp3) is 0.231. The molecular weight excluding hydrogens is 202 g/mol. The Bertz CT molecular complexity index is 405. The Labute approximate surface area is 94.6 Å². The highest BCUT2D eigenvalue weighted by molar-refractivity contribution is 7.12. The van der Waals surface area contributed by atoms with E-state index in [1.54, 1.807) is 0 Å². The molecular formula is C13H15NS. The predicted molar refractivity (Wildman–Crippen MR) is 66.3 cm³/mol. The summed E-state index contributed by atoms with van der Waals surface area (Å²) in [7, 11) is 0. The first-order valence-corrected chi connectivity index (χ1v) is 6.02. The maximum Gasteiger partial charge on any atom is 0.00920 e. The third-order valence-electron chi connectivity index (χ3n) is 2.33. The molecule has 1 nitrogen and oxygen atoms in total. The van der Waals surface area contributed by atoms with E-state index in [-0.39, 0.29) is 0 Å². The number of nitrogens with two attached hydrogens (primary N) is 1. The summed E-state index contributed by atoms with van der Waals surface area (Å²) < 4.78 is 0. The van der Waals surface area contributed by atoms with Crippen LogP contribution in [0.15, 0.2) is 42.5 Å². The average molecular weight is 217 g/mol. The van der Waals surface area contributed by atoms with Gasteiger partial charge in [0.25, 0.3) is 0 Å². The molecule has 2 rings (SSSR count). The number of thiophene rings is 1. The van der Waals surface area contributed by atoms with Gasteiger partial charge in [-0.05, 0) is 30.7 Å². The first-order valence-electron chi connectivity index (χ1n) is 5.20. The van der Waals surface area contributed by atoms with Gasteiger partial charge in [-0.2, -0.15) is 0 Å². The van der Waals surface area contributed by atoms with E-state index >= 15 is 0 Å². The van der Waals surface area contributed by atoms with Gasteiger partial charge in [-0.15, -0.1) is 11.3 Å². The second-order valence-corrected chi connectivity index (χ2v) is 4.82. The Hall–Kier alpha value is -1.12. The zero-order chi connectivity index (χ0) is 10.5. The molecule has 2 heteroatoms. The SMILES string of the molecule is NCCc1ccc(Cc2ccccc2)s1. The van der Waals surface area contributed by atoms with Gasteiger partial charge in [0, 0.05) is 16.2 Å². The van der Waals surface area contributed by atoms with Gasteiger partial charge in [-0.3, -0.25) is 0 Å². The Morgan fingerprint density at radius 1 is 0.933 bits per heavy atom. The molecule has 0 aliphatic carbocycles. The Morgan fingerprint density at radius 3 is 2.40 bits per heavy atom. The van der Waals surface area contributed by atoms with E-state index < -0.39 is 0 Å². The van der Waals surface area contributed by atoms with Gasteiger partial charge in [0.05, 0.1) is 0 Å². The van der Waals surface area contributed by atoms with Crippen molar-refractivity contribution in [3.63, 3.8) is 0 Å². The molecule has 0 spiro atoms. The van der Waals surface area contributed by atoms with Crippen LogP contribution in [0, 0.1) is 0 Å². The molecule has 0 amide bonds. The molecule has 2 N–H and O–H groups in total. The molecule has 0 fully saturated rings. The van der Waals surface area contributed by atoms with Crippen LogP contribution in [0.25, 0.3) is 0 Å². The molecule has 0 atom stereocenters. The van der Waals surface area contributed by atoms with Gasteiger partial charge in [-0.1, -0.05) is 30.3 Å². The summed E-state index contributed by atoms with van der Waals surface area (Å²) in [5.41, 5.74) is 6.90. The van der Waals surface area contributed by atoms with Gasteiger partial charge in [0.1, 0.15) is 0 Å². The standard InChI is InChI=1S/C13H15NS/c14-9-8-12-6-7-13(15-12)10-11-4-2-1-3-5-11/h1-7H,8-10,14H2. The summed E-state index contributed by atoms with van der Waals surface area (Å²) in [5.74, 6) is 0. The van der Waals surface area contributed by atoms with Gasteiger partial charge >= 0.3 is 0 Å². The van der Waals surface area contributed by atoms with Crippen LogP contribution in [0.1, 0.15) is 15.3 Å². The minimum atomic E-state index is 0.741. The molecule has 0 unspecified atom stereocenters. The van der Waals surface area contributed by atoms with Crippen LogP contribution in [0.3, 0.4) is 0 Å². The lowest BCUT2D eigenvalue weighted by Gasteiger charge is -1.97. The maximum atomic E-state index is 5.53. The summed E-state index contributed by atoms with van der Waals surface area (Å²) >= 11 is 1.87. The normalized spacial score (nSPS) is 10.5. The summed E-state index contributed by atoms with van der Waals surface area (Å²) in [5, 5.41) is 0. The topological polar surface area (TPSA) is 26.0 Å². The van der Waals surface area contributed by atoms with Crippen LogP contribution in [-0.4, -0.2) is 6.54 Å². The van der Waals surface area contributed by atoms with E-state index in [2.05, 4.69) is 42.5 Å². The fourth-order valence-electron chi connectivity index (χ4n) is 1.59. The summed E-state index contributed by atoms with van der Waals surface area (Å²) in [6.45, 7) is 0.741. The van der Waals surface area contributed by atoms with Crippen molar-refractivity contribution >= 4 is 11.3 Å². The third kappa shape index (κ3) is 2.91. The number of benzene rings is 1. The molecule has 0 saturated carbocycles. The van der Waals surface area contributed by atoms with Crippen molar-refractivity contribution in [2.75, 3.05) is 6.54 Å². The third-order valence-corrected chi connectivity index (χ3v) is 3.47. The number of hydrogen-bond acceptors (Lipinski definition) is 2. The van der Waals surface area contributed by atoms with E-state index in [0.29, 0.717) is 0 Å². The molecule has 1 aromatic heterocycles. The Balaban J connectivity index is 2.05. The van der Waals surface area contributed by atoms with Crippen LogP contribution in [0.4, 0.5) is 0 Å².